The van der Waals surface area contributed by atoms with Crippen molar-refractivity contribution in [3.05, 3.63) is 53.6 Å². The number of carboxylic acid groups (broad SMARTS) is 1. The van der Waals surface area contributed by atoms with Crippen molar-refractivity contribution in [2.75, 3.05) is 5.32 Å². The average molecular weight is 315 g/mol. The molecule has 23 heavy (non-hydrogen) atoms. The zero-order valence-corrected chi connectivity index (χ0v) is 12.1. The molecule has 0 aliphatic heterocycles. The van der Waals surface area contributed by atoms with Crippen LogP contribution in [0.4, 0.5) is 10.5 Å². The van der Waals surface area contributed by atoms with Crippen LogP contribution in [0.2, 0.25) is 0 Å². The number of para-hydroxylation sites is 2. The number of carbonyl (C=O) groups excluding carboxylic acids is 2. The fourth-order valence-electron chi connectivity index (χ4n) is 1.90. The van der Waals surface area contributed by atoms with Gasteiger partial charge in [0.05, 0.1) is 11.3 Å². The molecule has 0 heterocycles. The number of carboxylic acids is 1. The van der Waals surface area contributed by atoms with Crippen molar-refractivity contribution in [1.29, 1.82) is 0 Å². The molecule has 7 nitrogen and oxygen atoms in total. The predicted octanol–water partition coefficient (Wildman–Crippen LogP) is 2.90. The van der Waals surface area contributed by atoms with E-state index in [0.717, 1.165) is 0 Å². The molecule has 2 aromatic rings. The van der Waals surface area contributed by atoms with Crippen molar-refractivity contribution in [2.45, 2.75) is 6.92 Å². The second-order valence-corrected chi connectivity index (χ2v) is 4.57. The number of hydrogen-bond acceptors (Lipinski definition) is 5. The van der Waals surface area contributed by atoms with E-state index in [0.29, 0.717) is 0 Å². The molecular weight excluding hydrogens is 302 g/mol. The Morgan fingerprint density at radius 3 is 2.30 bits per heavy atom. The van der Waals surface area contributed by atoms with Crippen LogP contribution in [0.5, 0.6) is 11.5 Å². The lowest BCUT2D eigenvalue weighted by Crippen LogP contribution is -2.18. The molecule has 2 aromatic carbocycles. The van der Waals surface area contributed by atoms with Crippen molar-refractivity contribution >= 4 is 23.5 Å². The van der Waals surface area contributed by atoms with Gasteiger partial charge >= 0.3 is 12.1 Å². The van der Waals surface area contributed by atoms with Crippen LogP contribution in [-0.4, -0.2) is 28.1 Å². The summed E-state index contributed by atoms with van der Waals surface area (Å²) in [5.41, 5.74) is -0.242. The molecule has 0 atom stereocenters. The maximum absolute atomic E-state index is 11.9. The third-order valence-electron chi connectivity index (χ3n) is 2.97. The van der Waals surface area contributed by atoms with Crippen LogP contribution in [0.1, 0.15) is 27.6 Å². The lowest BCUT2D eigenvalue weighted by Gasteiger charge is -2.11. The van der Waals surface area contributed by atoms with Crippen molar-refractivity contribution < 1.29 is 29.3 Å². The molecule has 7 heteroatoms. The summed E-state index contributed by atoms with van der Waals surface area (Å²) in [4.78, 5) is 34.3. The lowest BCUT2D eigenvalue weighted by atomic mass is 10.1. The number of amides is 1. The Kier molecular flexibility index (Phi) is 4.61. The van der Waals surface area contributed by atoms with E-state index in [1.54, 1.807) is 12.1 Å². The molecule has 0 spiro atoms. The first-order valence-electron chi connectivity index (χ1n) is 6.54. The van der Waals surface area contributed by atoms with E-state index in [2.05, 4.69) is 5.32 Å². The van der Waals surface area contributed by atoms with Crippen LogP contribution in [0.25, 0.3) is 0 Å². The topological polar surface area (TPSA) is 113 Å². The van der Waals surface area contributed by atoms with Crippen LogP contribution in [0.15, 0.2) is 42.5 Å². The molecule has 118 valence electrons. The molecule has 0 saturated heterocycles. The van der Waals surface area contributed by atoms with Crippen molar-refractivity contribution in [3.8, 4) is 11.5 Å². The van der Waals surface area contributed by atoms with E-state index >= 15 is 0 Å². The van der Waals surface area contributed by atoms with Crippen LogP contribution in [0, 0.1) is 0 Å². The van der Waals surface area contributed by atoms with Gasteiger partial charge < -0.3 is 14.9 Å². The minimum atomic E-state index is -1.33. The fourth-order valence-corrected chi connectivity index (χ4v) is 1.90. The molecule has 0 aliphatic rings. The van der Waals surface area contributed by atoms with Gasteiger partial charge in [-0.05, 0) is 31.2 Å². The fraction of sp³-hybridized carbons (Fsp3) is 0.0625. The number of ketones is 1. The normalized spacial score (nSPS) is 9.96. The number of anilines is 1. The summed E-state index contributed by atoms with van der Waals surface area (Å²) < 4.78 is 5.04. The van der Waals surface area contributed by atoms with Gasteiger partial charge in [0.2, 0.25) is 0 Å². The zero-order valence-electron chi connectivity index (χ0n) is 12.1. The minimum Gasteiger partial charge on any atom is -0.505 e. The van der Waals surface area contributed by atoms with Crippen LogP contribution < -0.4 is 10.1 Å². The van der Waals surface area contributed by atoms with Gasteiger partial charge in [-0.1, -0.05) is 18.2 Å². The van der Waals surface area contributed by atoms with E-state index in [4.69, 9.17) is 9.84 Å². The van der Waals surface area contributed by atoms with Gasteiger partial charge in [-0.2, -0.15) is 0 Å². The van der Waals surface area contributed by atoms with Gasteiger partial charge in [-0.25, -0.2) is 9.59 Å². The molecule has 0 aliphatic carbocycles. The van der Waals surface area contributed by atoms with E-state index in [1.165, 1.54) is 37.3 Å². The third kappa shape index (κ3) is 3.65. The largest absolute Gasteiger partial charge is 0.505 e. The number of rotatable bonds is 4. The quantitative estimate of drug-likeness (QED) is 0.590. The number of phenols is 1. The molecule has 0 unspecified atom stereocenters. The Balaban J connectivity index is 2.20. The molecular formula is C16H13NO6. The van der Waals surface area contributed by atoms with E-state index in [1.807, 2.05) is 0 Å². The molecule has 1 amide bonds. The maximum Gasteiger partial charge on any atom is 0.417 e. The predicted molar refractivity (Wildman–Crippen MR) is 81.2 cm³/mol. The number of hydrogen-bond donors (Lipinski definition) is 3. The highest BCUT2D eigenvalue weighted by atomic mass is 16.6. The van der Waals surface area contributed by atoms with E-state index in [9.17, 15) is 19.5 Å². The number of Topliss-reactive ketones (excluding diaryl/α,β-unsaturated/α-hetero) is 1. The number of carbonyl (C=O) groups is 3. The number of aromatic hydroxyl groups is 1. The van der Waals surface area contributed by atoms with Gasteiger partial charge in [0, 0.05) is 0 Å². The van der Waals surface area contributed by atoms with Crippen LogP contribution in [-0.2, 0) is 0 Å². The third-order valence-corrected chi connectivity index (χ3v) is 2.97. The highest BCUT2D eigenvalue weighted by molar-refractivity contribution is 5.99. The highest BCUT2D eigenvalue weighted by Gasteiger charge is 2.16. The minimum absolute atomic E-state index is 0.0615. The molecule has 0 aromatic heterocycles. The van der Waals surface area contributed by atoms with Crippen molar-refractivity contribution in [3.63, 3.8) is 0 Å². The van der Waals surface area contributed by atoms with Gasteiger partial charge in [-0.3, -0.25) is 10.1 Å². The van der Waals surface area contributed by atoms with Gasteiger partial charge in [-0.15, -0.1) is 0 Å². The molecule has 0 fully saturated rings. The van der Waals surface area contributed by atoms with Crippen molar-refractivity contribution in [2.24, 2.45) is 0 Å². The molecule has 2 rings (SSSR count). The second-order valence-electron chi connectivity index (χ2n) is 4.57. The van der Waals surface area contributed by atoms with Crippen molar-refractivity contribution in [1.82, 2.24) is 0 Å². The summed E-state index contributed by atoms with van der Waals surface area (Å²) in [5.74, 6) is -2.13. The number of nitrogens with one attached hydrogen (secondary N) is 1. The molecule has 0 bridgehead atoms. The van der Waals surface area contributed by atoms with Gasteiger partial charge in [0.1, 0.15) is 11.3 Å². The average Bonchev–Trinajstić information content (AvgIpc) is 2.49. The summed E-state index contributed by atoms with van der Waals surface area (Å²) in [5, 5.41) is 21.0. The SMILES string of the molecule is CC(=O)c1ccccc1OC(=O)Nc1cccc(C(=O)O)c1O. The number of ether oxygens (including phenoxy) is 1. The Bertz CT molecular complexity index is 784. The smallest absolute Gasteiger partial charge is 0.417 e. The second kappa shape index (κ2) is 6.61. The zero-order chi connectivity index (χ0) is 17.0. The van der Waals surface area contributed by atoms with Crippen LogP contribution in [0.3, 0.4) is 0 Å². The standard InChI is InChI=1S/C16H13NO6/c1-9(18)10-5-2-3-8-13(10)23-16(22)17-12-7-4-6-11(14(12)19)15(20)21/h2-8,19H,1H3,(H,17,22)(H,20,21). The maximum atomic E-state index is 11.9. The molecule has 0 saturated carbocycles. The van der Waals surface area contributed by atoms with E-state index in [-0.39, 0.29) is 28.3 Å². The Hall–Kier alpha value is -3.35. The number of benzene rings is 2. The van der Waals surface area contributed by atoms with Gasteiger partial charge in [0.25, 0.3) is 0 Å². The summed E-state index contributed by atoms with van der Waals surface area (Å²) in [7, 11) is 0. The molecule has 0 radical (unpaired) electrons. The Labute approximate surface area is 131 Å². The summed E-state index contributed by atoms with van der Waals surface area (Å²) in [6, 6.07) is 10.1. The monoisotopic (exact) mass is 315 g/mol. The lowest BCUT2D eigenvalue weighted by molar-refractivity contribution is 0.0693. The molecule has 3 N–H and O–H groups in total. The number of aromatic carboxylic acids is 1. The first kappa shape index (κ1) is 16.0. The Morgan fingerprint density at radius 1 is 1.00 bits per heavy atom. The first-order valence-corrected chi connectivity index (χ1v) is 6.54. The summed E-state index contributed by atoms with van der Waals surface area (Å²) in [6.07, 6.45) is -0.962. The summed E-state index contributed by atoms with van der Waals surface area (Å²) in [6.45, 7) is 1.34. The Morgan fingerprint density at radius 2 is 1.65 bits per heavy atom. The van der Waals surface area contributed by atoms with Gasteiger partial charge in [0.15, 0.2) is 11.5 Å². The van der Waals surface area contributed by atoms with E-state index < -0.39 is 17.8 Å². The summed E-state index contributed by atoms with van der Waals surface area (Å²) >= 11 is 0. The first-order chi connectivity index (χ1) is 10.9. The van der Waals surface area contributed by atoms with Crippen LogP contribution >= 0.6 is 0 Å². The highest BCUT2D eigenvalue weighted by Crippen LogP contribution is 2.28.